The molecule has 0 saturated carbocycles. The van der Waals surface area contributed by atoms with Gasteiger partial charge < -0.3 is 0 Å². The van der Waals surface area contributed by atoms with Gasteiger partial charge in [-0.2, -0.15) is 4.31 Å². The first kappa shape index (κ1) is 14.7. The molecule has 0 amide bonds. The van der Waals surface area contributed by atoms with Crippen LogP contribution in [0, 0.1) is 5.92 Å². The second-order valence-corrected chi connectivity index (χ2v) is 8.35. The summed E-state index contributed by atoms with van der Waals surface area (Å²) in [6.45, 7) is 3.36. The van der Waals surface area contributed by atoms with Crippen LogP contribution < -0.4 is 11.3 Å². The van der Waals surface area contributed by atoms with Crippen molar-refractivity contribution in [1.82, 2.24) is 9.29 Å². The van der Waals surface area contributed by atoms with Crippen molar-refractivity contribution in [1.29, 1.82) is 0 Å². The summed E-state index contributed by atoms with van der Waals surface area (Å²) >= 11 is 1.34. The van der Waals surface area contributed by atoms with Crippen LogP contribution in [0.25, 0.3) is 10.2 Å². The van der Waals surface area contributed by atoms with Crippen molar-refractivity contribution in [3.63, 3.8) is 0 Å². The Morgan fingerprint density at radius 1 is 1.38 bits per heavy atom. The number of aromatic nitrogens is 1. The third-order valence-corrected chi connectivity index (χ3v) is 6.71. The molecule has 2 aromatic rings. The lowest BCUT2D eigenvalue weighted by molar-refractivity contribution is 0.288. The van der Waals surface area contributed by atoms with E-state index in [1.165, 1.54) is 11.3 Å². The standard InChI is InChI=1S/C13H18N4O2S2/c1-9-4-6-17(7-5-9)21(18,19)10-2-3-11-12(8-10)20-13(15-11)16-14/h2-3,8-9H,4-7,14H2,1H3,(H,15,16). The quantitative estimate of drug-likeness (QED) is 0.665. The SMILES string of the molecule is CC1CCN(S(=O)(=O)c2ccc3nc(NN)sc3c2)CC1. The lowest BCUT2D eigenvalue weighted by Crippen LogP contribution is -2.37. The van der Waals surface area contributed by atoms with Crippen molar-refractivity contribution in [3.8, 4) is 0 Å². The molecule has 0 radical (unpaired) electrons. The summed E-state index contributed by atoms with van der Waals surface area (Å²) in [4.78, 5) is 4.58. The Balaban J connectivity index is 1.94. The van der Waals surface area contributed by atoms with Gasteiger partial charge in [0.15, 0.2) is 5.13 Å². The first-order valence-electron chi connectivity index (χ1n) is 6.88. The highest BCUT2D eigenvalue weighted by Gasteiger charge is 2.28. The number of rotatable bonds is 3. The van der Waals surface area contributed by atoms with Crippen LogP contribution in [0.15, 0.2) is 23.1 Å². The van der Waals surface area contributed by atoms with Crippen molar-refractivity contribution in [3.05, 3.63) is 18.2 Å². The molecular weight excluding hydrogens is 308 g/mol. The summed E-state index contributed by atoms with van der Waals surface area (Å²) in [5, 5.41) is 0.575. The fraction of sp³-hybridized carbons (Fsp3) is 0.462. The molecule has 6 nitrogen and oxygen atoms in total. The van der Waals surface area contributed by atoms with Gasteiger partial charge in [-0.05, 0) is 37.0 Å². The molecule has 0 unspecified atom stereocenters. The Bertz CT molecular complexity index is 749. The summed E-state index contributed by atoms with van der Waals surface area (Å²) in [6.07, 6.45) is 1.84. The van der Waals surface area contributed by atoms with Crippen molar-refractivity contribution in [2.24, 2.45) is 11.8 Å². The second-order valence-electron chi connectivity index (χ2n) is 5.38. The van der Waals surface area contributed by atoms with Gasteiger partial charge in [-0.1, -0.05) is 18.3 Å². The number of nitrogens with zero attached hydrogens (tertiary/aromatic N) is 2. The maximum absolute atomic E-state index is 12.7. The lowest BCUT2D eigenvalue weighted by atomic mass is 10.0. The number of benzene rings is 1. The van der Waals surface area contributed by atoms with Gasteiger partial charge in [-0.15, -0.1) is 0 Å². The molecule has 21 heavy (non-hydrogen) atoms. The number of thiazole rings is 1. The molecule has 0 aliphatic carbocycles. The van der Waals surface area contributed by atoms with Gasteiger partial charge in [0.05, 0.1) is 15.1 Å². The van der Waals surface area contributed by atoms with E-state index in [1.54, 1.807) is 22.5 Å². The molecule has 3 rings (SSSR count). The van der Waals surface area contributed by atoms with Crippen LogP contribution in [0.5, 0.6) is 0 Å². The topological polar surface area (TPSA) is 88.3 Å². The maximum Gasteiger partial charge on any atom is 0.243 e. The van der Waals surface area contributed by atoms with Crippen molar-refractivity contribution < 1.29 is 8.42 Å². The van der Waals surface area contributed by atoms with E-state index in [1.807, 2.05) is 0 Å². The Labute approximate surface area is 128 Å². The minimum atomic E-state index is -3.41. The van der Waals surface area contributed by atoms with Gasteiger partial charge in [-0.25, -0.2) is 19.2 Å². The first-order valence-corrected chi connectivity index (χ1v) is 9.14. The van der Waals surface area contributed by atoms with Crippen molar-refractivity contribution >= 4 is 36.7 Å². The Morgan fingerprint density at radius 3 is 2.76 bits per heavy atom. The van der Waals surface area contributed by atoms with Gasteiger partial charge >= 0.3 is 0 Å². The van der Waals surface area contributed by atoms with E-state index < -0.39 is 10.0 Å². The average molecular weight is 326 g/mol. The van der Waals surface area contributed by atoms with Crippen LogP contribution in [0.4, 0.5) is 5.13 Å². The Hall–Kier alpha value is -1.22. The molecule has 1 aromatic heterocycles. The highest BCUT2D eigenvalue weighted by molar-refractivity contribution is 7.89. The van der Waals surface area contributed by atoms with Gasteiger partial charge in [0.1, 0.15) is 0 Å². The van der Waals surface area contributed by atoms with Gasteiger partial charge in [0.2, 0.25) is 10.0 Å². The van der Waals surface area contributed by atoms with E-state index in [4.69, 9.17) is 5.84 Å². The van der Waals surface area contributed by atoms with E-state index in [2.05, 4.69) is 17.3 Å². The molecule has 0 atom stereocenters. The number of hydrogen-bond acceptors (Lipinski definition) is 6. The number of fused-ring (bicyclic) bond motifs is 1. The third-order valence-electron chi connectivity index (χ3n) is 3.86. The number of nitrogen functional groups attached to an aromatic ring is 1. The van der Waals surface area contributed by atoms with Crippen LogP contribution in [-0.2, 0) is 10.0 Å². The molecule has 114 valence electrons. The molecule has 1 aromatic carbocycles. The molecule has 8 heteroatoms. The minimum absolute atomic E-state index is 0.330. The molecule has 1 aliphatic rings. The molecule has 2 heterocycles. The average Bonchev–Trinajstić information content (AvgIpc) is 2.89. The monoisotopic (exact) mass is 326 g/mol. The van der Waals surface area contributed by atoms with Crippen LogP contribution in [-0.4, -0.2) is 30.8 Å². The number of nitrogens with one attached hydrogen (secondary N) is 1. The van der Waals surface area contributed by atoms with E-state index in [-0.39, 0.29) is 0 Å². The molecular formula is C13H18N4O2S2. The fourth-order valence-corrected chi connectivity index (χ4v) is 4.89. The summed E-state index contributed by atoms with van der Waals surface area (Å²) < 4.78 is 27.8. The van der Waals surface area contributed by atoms with Crippen LogP contribution in [0.3, 0.4) is 0 Å². The van der Waals surface area contributed by atoms with E-state index in [9.17, 15) is 8.42 Å². The predicted molar refractivity (Wildman–Crippen MR) is 84.6 cm³/mol. The molecule has 1 aliphatic heterocycles. The zero-order chi connectivity index (χ0) is 15.0. The smallest absolute Gasteiger partial charge is 0.243 e. The number of anilines is 1. The molecule has 0 bridgehead atoms. The molecule has 3 N–H and O–H groups in total. The second kappa shape index (κ2) is 5.53. The Kier molecular flexibility index (Phi) is 3.87. The van der Waals surface area contributed by atoms with Crippen LogP contribution >= 0.6 is 11.3 Å². The predicted octanol–water partition coefficient (Wildman–Crippen LogP) is 2.00. The van der Waals surface area contributed by atoms with Crippen LogP contribution in [0.1, 0.15) is 19.8 Å². The lowest BCUT2D eigenvalue weighted by Gasteiger charge is -2.29. The normalized spacial score (nSPS) is 18.2. The number of hydrogen-bond donors (Lipinski definition) is 2. The number of sulfonamides is 1. The van der Waals surface area contributed by atoms with E-state index in [0.29, 0.717) is 29.0 Å². The molecule has 1 fully saturated rings. The van der Waals surface area contributed by atoms with Gasteiger partial charge in [-0.3, -0.25) is 5.43 Å². The van der Waals surface area contributed by atoms with Gasteiger partial charge in [0.25, 0.3) is 0 Å². The third kappa shape index (κ3) is 2.76. The number of nitrogens with two attached hydrogens (primary N) is 1. The van der Waals surface area contributed by atoms with E-state index in [0.717, 1.165) is 23.1 Å². The fourth-order valence-electron chi connectivity index (χ4n) is 2.50. The number of piperidine rings is 1. The molecule has 0 spiro atoms. The first-order chi connectivity index (χ1) is 10.0. The zero-order valence-corrected chi connectivity index (χ0v) is 13.4. The summed E-state index contributed by atoms with van der Waals surface area (Å²) in [5.74, 6) is 5.93. The summed E-state index contributed by atoms with van der Waals surface area (Å²) in [6, 6.07) is 5.03. The van der Waals surface area contributed by atoms with Crippen molar-refractivity contribution in [2.45, 2.75) is 24.7 Å². The zero-order valence-electron chi connectivity index (χ0n) is 11.7. The van der Waals surface area contributed by atoms with Crippen molar-refractivity contribution in [2.75, 3.05) is 18.5 Å². The molecule has 1 saturated heterocycles. The number of hydrazine groups is 1. The minimum Gasteiger partial charge on any atom is -0.300 e. The Morgan fingerprint density at radius 2 is 2.10 bits per heavy atom. The highest BCUT2D eigenvalue weighted by Crippen LogP contribution is 2.30. The highest BCUT2D eigenvalue weighted by atomic mass is 32.2. The summed E-state index contributed by atoms with van der Waals surface area (Å²) in [5.41, 5.74) is 3.24. The largest absolute Gasteiger partial charge is 0.300 e. The van der Waals surface area contributed by atoms with E-state index >= 15 is 0 Å². The maximum atomic E-state index is 12.7. The summed E-state index contributed by atoms with van der Waals surface area (Å²) in [7, 11) is -3.41. The van der Waals surface area contributed by atoms with Crippen LogP contribution in [0.2, 0.25) is 0 Å². The van der Waals surface area contributed by atoms with Gasteiger partial charge in [0, 0.05) is 13.1 Å².